The van der Waals surface area contributed by atoms with Crippen molar-refractivity contribution in [2.45, 2.75) is 72.9 Å². The van der Waals surface area contributed by atoms with Gasteiger partial charge in [0, 0.05) is 35.8 Å². The summed E-state index contributed by atoms with van der Waals surface area (Å²) in [7, 11) is 0. The molecule has 2 bridgehead atoms. The average Bonchev–Trinajstić information content (AvgIpc) is 3.39. The number of esters is 1. The highest BCUT2D eigenvalue weighted by molar-refractivity contribution is 9.09. The summed E-state index contributed by atoms with van der Waals surface area (Å²) < 4.78 is 4.83. The maximum atomic E-state index is 14.2. The van der Waals surface area contributed by atoms with Crippen molar-refractivity contribution in [2.24, 2.45) is 11.8 Å². The number of aliphatic hydroxyl groups is 1. The third kappa shape index (κ3) is 4.72. The van der Waals surface area contributed by atoms with Gasteiger partial charge in [0.25, 0.3) is 0 Å². The van der Waals surface area contributed by atoms with Crippen LogP contribution in [-0.4, -0.2) is 85.9 Å². The molecule has 0 aromatic rings. The molecule has 1 spiro atoms. The molecule has 7 atom stereocenters. The fourth-order valence-corrected chi connectivity index (χ4v) is 9.45. The van der Waals surface area contributed by atoms with Gasteiger partial charge in [0.2, 0.25) is 11.8 Å². The van der Waals surface area contributed by atoms with Gasteiger partial charge in [-0.15, -0.1) is 24.9 Å². The minimum absolute atomic E-state index is 0.00350. The Labute approximate surface area is 215 Å². The van der Waals surface area contributed by atoms with Crippen LogP contribution in [-0.2, 0) is 19.1 Å². The molecule has 190 valence electrons. The Morgan fingerprint density at radius 2 is 2.15 bits per heavy atom. The van der Waals surface area contributed by atoms with E-state index in [4.69, 9.17) is 4.74 Å². The first-order valence-electron chi connectivity index (χ1n) is 12.2. The molecule has 0 aliphatic carbocycles. The molecule has 4 unspecified atom stereocenters. The van der Waals surface area contributed by atoms with E-state index in [2.05, 4.69) is 36.0 Å². The Balaban J connectivity index is 2.00. The predicted molar refractivity (Wildman–Crippen MR) is 138 cm³/mol. The number of aliphatic hydroxyl groups excluding tert-OH is 1. The topological polar surface area (TPSA) is 87.1 Å². The van der Waals surface area contributed by atoms with Crippen molar-refractivity contribution >= 4 is 45.5 Å². The summed E-state index contributed by atoms with van der Waals surface area (Å²) in [6.07, 6.45) is 6.76. The number of likely N-dealkylation sites (tertiary alicyclic amines) is 1. The molecule has 7 nitrogen and oxygen atoms in total. The van der Waals surface area contributed by atoms with Crippen LogP contribution < -0.4 is 0 Å². The van der Waals surface area contributed by atoms with Gasteiger partial charge in [-0.05, 0) is 32.6 Å². The van der Waals surface area contributed by atoms with E-state index in [9.17, 15) is 19.5 Å². The van der Waals surface area contributed by atoms with Crippen LogP contribution in [0.25, 0.3) is 0 Å². The summed E-state index contributed by atoms with van der Waals surface area (Å²) in [5, 5.41) is 9.36. The first kappa shape index (κ1) is 27.3. The number of rotatable bonds is 13. The second-order valence-electron chi connectivity index (χ2n) is 9.43. The fraction of sp³-hybridized carbons (Fsp3) is 0.720. The normalized spacial score (nSPS) is 32.4. The number of amides is 2. The molecule has 3 fully saturated rings. The van der Waals surface area contributed by atoms with Crippen molar-refractivity contribution < 1.29 is 24.2 Å². The molecule has 9 heteroatoms. The molecule has 2 amide bonds. The second kappa shape index (κ2) is 11.6. The van der Waals surface area contributed by atoms with Crippen LogP contribution in [0.15, 0.2) is 25.3 Å². The van der Waals surface area contributed by atoms with Crippen LogP contribution in [0, 0.1) is 11.8 Å². The van der Waals surface area contributed by atoms with E-state index in [0.29, 0.717) is 25.8 Å². The summed E-state index contributed by atoms with van der Waals surface area (Å²) in [4.78, 5) is 44.6. The van der Waals surface area contributed by atoms with Crippen LogP contribution in [0.2, 0.25) is 0 Å². The molecule has 0 saturated carbocycles. The lowest BCUT2D eigenvalue weighted by molar-refractivity contribution is -0.154. The minimum Gasteiger partial charge on any atom is -0.465 e. The summed E-state index contributed by atoms with van der Waals surface area (Å²) in [6, 6.07) is -0.680. The molecule has 3 saturated heterocycles. The van der Waals surface area contributed by atoms with Gasteiger partial charge in [-0.2, -0.15) is 0 Å². The van der Waals surface area contributed by atoms with Gasteiger partial charge in [0.05, 0.1) is 23.2 Å². The van der Waals surface area contributed by atoms with Crippen molar-refractivity contribution in [3.63, 3.8) is 0 Å². The summed E-state index contributed by atoms with van der Waals surface area (Å²) in [6.45, 7) is 12.5. The molecule has 3 aliphatic heterocycles. The van der Waals surface area contributed by atoms with Gasteiger partial charge < -0.3 is 19.6 Å². The van der Waals surface area contributed by atoms with Crippen LogP contribution >= 0.6 is 27.7 Å². The smallest absolute Gasteiger partial charge is 0.310 e. The van der Waals surface area contributed by atoms with Crippen LogP contribution in [0.1, 0.15) is 46.0 Å². The van der Waals surface area contributed by atoms with E-state index >= 15 is 0 Å². The predicted octanol–water partition coefficient (Wildman–Crippen LogP) is 3.16. The van der Waals surface area contributed by atoms with Crippen molar-refractivity contribution in [1.29, 1.82) is 0 Å². The molecule has 3 aliphatic rings. The highest BCUT2D eigenvalue weighted by Crippen LogP contribution is 2.68. The minimum atomic E-state index is -0.698. The van der Waals surface area contributed by atoms with E-state index in [1.54, 1.807) is 28.8 Å². The van der Waals surface area contributed by atoms with E-state index in [0.717, 1.165) is 12.8 Å². The molecular weight excluding hydrogens is 520 g/mol. The van der Waals surface area contributed by atoms with E-state index in [1.807, 2.05) is 11.8 Å². The molecule has 0 radical (unpaired) electrons. The number of fused-ring (bicyclic) bond motifs is 1. The van der Waals surface area contributed by atoms with E-state index in [1.165, 1.54) is 0 Å². The zero-order valence-electron chi connectivity index (χ0n) is 20.2. The number of carbonyl (C=O) groups excluding carboxylic acids is 3. The number of hydrogen-bond acceptors (Lipinski definition) is 6. The third-order valence-electron chi connectivity index (χ3n) is 7.27. The number of nitrogens with zero attached hydrogens (tertiary/aromatic N) is 2. The van der Waals surface area contributed by atoms with Gasteiger partial charge in [-0.3, -0.25) is 14.4 Å². The van der Waals surface area contributed by atoms with Crippen molar-refractivity contribution in [2.75, 3.05) is 26.3 Å². The highest BCUT2D eigenvalue weighted by atomic mass is 79.9. The Morgan fingerprint density at radius 3 is 2.76 bits per heavy atom. The maximum Gasteiger partial charge on any atom is 0.310 e. The molecule has 1 N–H and O–H groups in total. The van der Waals surface area contributed by atoms with Crippen molar-refractivity contribution in [3.8, 4) is 0 Å². The SMILES string of the molecule is C=CCCOC(=O)[C@H]1[C@H]2C(=O)N(CCCO)C(C(=O)N(CC=C)C(C)CCC)C23CC(Br)[C@@H]1S3. The summed E-state index contributed by atoms with van der Waals surface area (Å²) in [5.41, 5.74) is 0. The molecule has 34 heavy (non-hydrogen) atoms. The third-order valence-corrected chi connectivity index (χ3v) is 10.5. The van der Waals surface area contributed by atoms with Gasteiger partial charge in [0.15, 0.2) is 0 Å². The summed E-state index contributed by atoms with van der Waals surface area (Å²) >= 11 is 5.36. The maximum absolute atomic E-state index is 14.2. The summed E-state index contributed by atoms with van der Waals surface area (Å²) in [5.74, 6) is -1.85. The Morgan fingerprint density at radius 1 is 1.41 bits per heavy atom. The molecule has 3 heterocycles. The average molecular weight is 558 g/mol. The first-order valence-corrected chi connectivity index (χ1v) is 14.0. The Hall–Kier alpha value is -1.32. The highest BCUT2D eigenvalue weighted by Gasteiger charge is 2.76. The zero-order chi connectivity index (χ0) is 25.0. The number of halogens is 1. The molecular formula is C25H37BrN2O5S. The largest absolute Gasteiger partial charge is 0.465 e. The second-order valence-corrected chi connectivity index (χ2v) is 12.2. The first-order chi connectivity index (χ1) is 16.3. The van der Waals surface area contributed by atoms with Crippen molar-refractivity contribution in [3.05, 3.63) is 25.3 Å². The standard InChI is InChI=1S/C25H37BrN2O5S/c1-5-8-14-33-24(32)18-19-22(30)28(12-9-13-29)21(25(19)15-17(26)20(18)34-25)23(31)27(11-7-3)16(4)10-6-2/h5,7,16-21,29H,1,3,6,8-15H2,2,4H3/t16?,17?,18-,19-,20-,21?,25?/m0/s1. The van der Waals surface area contributed by atoms with Crippen LogP contribution in [0.4, 0.5) is 0 Å². The van der Waals surface area contributed by atoms with Gasteiger partial charge >= 0.3 is 5.97 Å². The molecule has 3 rings (SSSR count). The lowest BCUT2D eigenvalue weighted by Gasteiger charge is -2.39. The quantitative estimate of drug-likeness (QED) is 0.162. The lowest BCUT2D eigenvalue weighted by Crippen LogP contribution is -2.57. The number of thioether (sulfide) groups is 1. The number of hydrogen-bond donors (Lipinski definition) is 1. The van der Waals surface area contributed by atoms with Crippen molar-refractivity contribution in [1.82, 2.24) is 9.80 Å². The number of carbonyl (C=O) groups is 3. The fourth-order valence-electron chi connectivity index (χ4n) is 5.86. The number of alkyl halides is 1. The Bertz CT molecular complexity index is 810. The van der Waals surface area contributed by atoms with E-state index < -0.39 is 22.6 Å². The molecule has 0 aromatic carbocycles. The van der Waals surface area contributed by atoms with Gasteiger partial charge in [0.1, 0.15) is 6.04 Å². The Kier molecular flexibility index (Phi) is 9.31. The van der Waals surface area contributed by atoms with Gasteiger partial charge in [-0.1, -0.05) is 41.4 Å². The number of ether oxygens (including phenoxy) is 1. The monoisotopic (exact) mass is 556 g/mol. The zero-order valence-corrected chi connectivity index (χ0v) is 22.6. The van der Waals surface area contributed by atoms with Crippen LogP contribution in [0.3, 0.4) is 0 Å². The van der Waals surface area contributed by atoms with Crippen LogP contribution in [0.5, 0.6) is 0 Å². The van der Waals surface area contributed by atoms with Gasteiger partial charge in [-0.25, -0.2) is 0 Å². The van der Waals surface area contributed by atoms with E-state index in [-0.39, 0.29) is 53.7 Å². The molecule has 0 aromatic heterocycles. The lowest BCUT2D eigenvalue weighted by atomic mass is 9.71.